The number of anilines is 1. The highest BCUT2D eigenvalue weighted by Gasteiger charge is 2.09. The van der Waals surface area contributed by atoms with Gasteiger partial charge in [-0.1, -0.05) is 32.0 Å². The van der Waals surface area contributed by atoms with Crippen LogP contribution in [0.25, 0.3) is 0 Å². The number of para-hydroxylation sites is 1. The Morgan fingerprint density at radius 3 is 2.79 bits per heavy atom. The second kappa shape index (κ2) is 5.84. The van der Waals surface area contributed by atoms with Crippen LogP contribution in [-0.4, -0.2) is 10.5 Å². The molecular formula is C14H17N3OS. The van der Waals surface area contributed by atoms with Crippen molar-refractivity contribution in [1.82, 2.24) is 4.57 Å². The van der Waals surface area contributed by atoms with Crippen molar-refractivity contribution in [1.29, 1.82) is 5.41 Å². The van der Waals surface area contributed by atoms with Crippen LogP contribution in [-0.2, 0) is 11.3 Å². The van der Waals surface area contributed by atoms with E-state index in [4.69, 9.17) is 5.41 Å². The van der Waals surface area contributed by atoms with Crippen molar-refractivity contribution in [2.75, 3.05) is 5.32 Å². The maximum Gasteiger partial charge on any atom is 0.244 e. The van der Waals surface area contributed by atoms with Gasteiger partial charge in [-0.2, -0.15) is 0 Å². The molecule has 0 aliphatic carbocycles. The summed E-state index contributed by atoms with van der Waals surface area (Å²) in [5.74, 6) is 0.252. The second-order valence-corrected chi connectivity index (χ2v) is 5.52. The lowest BCUT2D eigenvalue weighted by Crippen LogP contribution is -2.24. The zero-order chi connectivity index (χ0) is 13.8. The molecule has 2 rings (SSSR count). The maximum atomic E-state index is 12.0. The molecule has 5 heteroatoms. The minimum atomic E-state index is -0.106. The van der Waals surface area contributed by atoms with Crippen LogP contribution in [0.4, 0.5) is 5.69 Å². The van der Waals surface area contributed by atoms with E-state index in [9.17, 15) is 4.79 Å². The lowest BCUT2D eigenvalue weighted by atomic mass is 10.0. The number of rotatable bonds is 4. The normalized spacial score (nSPS) is 10.7. The molecule has 1 amide bonds. The molecule has 0 bridgehead atoms. The van der Waals surface area contributed by atoms with Gasteiger partial charge < -0.3 is 9.88 Å². The highest BCUT2D eigenvalue weighted by atomic mass is 32.1. The molecule has 0 aliphatic rings. The Balaban J connectivity index is 2.11. The van der Waals surface area contributed by atoms with Crippen LogP contribution in [0.3, 0.4) is 0 Å². The van der Waals surface area contributed by atoms with Gasteiger partial charge in [0, 0.05) is 17.3 Å². The smallest absolute Gasteiger partial charge is 0.244 e. The minimum absolute atomic E-state index is 0.106. The molecule has 0 fully saturated rings. The summed E-state index contributed by atoms with van der Waals surface area (Å²) in [6.45, 7) is 4.37. The van der Waals surface area contributed by atoms with Gasteiger partial charge in [-0.3, -0.25) is 10.2 Å². The highest BCUT2D eigenvalue weighted by molar-refractivity contribution is 7.06. The summed E-state index contributed by atoms with van der Waals surface area (Å²) in [6.07, 6.45) is 1.75. The van der Waals surface area contributed by atoms with Crippen LogP contribution in [0.15, 0.2) is 35.8 Å². The fourth-order valence-electron chi connectivity index (χ4n) is 1.89. The van der Waals surface area contributed by atoms with Crippen molar-refractivity contribution in [3.05, 3.63) is 46.2 Å². The second-order valence-electron chi connectivity index (χ2n) is 4.63. The number of benzene rings is 1. The molecular weight excluding hydrogens is 258 g/mol. The van der Waals surface area contributed by atoms with Crippen molar-refractivity contribution in [3.63, 3.8) is 0 Å². The van der Waals surface area contributed by atoms with Gasteiger partial charge in [0.1, 0.15) is 6.54 Å². The molecule has 0 saturated heterocycles. The van der Waals surface area contributed by atoms with E-state index in [1.807, 2.05) is 24.3 Å². The monoisotopic (exact) mass is 275 g/mol. The van der Waals surface area contributed by atoms with E-state index in [-0.39, 0.29) is 12.5 Å². The van der Waals surface area contributed by atoms with Gasteiger partial charge in [0.25, 0.3) is 0 Å². The first-order valence-corrected chi connectivity index (χ1v) is 7.03. The Bertz CT molecular complexity index is 627. The molecule has 1 heterocycles. The first-order valence-electron chi connectivity index (χ1n) is 6.15. The Labute approximate surface area is 116 Å². The number of aromatic nitrogens is 1. The quantitative estimate of drug-likeness (QED) is 0.885. The number of amides is 1. The van der Waals surface area contributed by atoms with Crippen molar-refractivity contribution in [3.8, 4) is 0 Å². The van der Waals surface area contributed by atoms with Gasteiger partial charge in [0.2, 0.25) is 5.91 Å². The first-order chi connectivity index (χ1) is 9.08. The van der Waals surface area contributed by atoms with E-state index in [0.29, 0.717) is 10.7 Å². The summed E-state index contributed by atoms with van der Waals surface area (Å²) in [4.78, 5) is 12.4. The molecule has 1 aromatic heterocycles. The summed E-state index contributed by atoms with van der Waals surface area (Å²) >= 11 is 1.31. The third kappa shape index (κ3) is 3.32. The molecule has 4 nitrogen and oxygen atoms in total. The summed E-state index contributed by atoms with van der Waals surface area (Å²) in [5.41, 5.74) is 1.97. The number of carbonyl (C=O) groups excluding carboxylic acids is 1. The summed E-state index contributed by atoms with van der Waals surface area (Å²) in [7, 11) is 0. The van der Waals surface area contributed by atoms with Crippen molar-refractivity contribution in [2.24, 2.45) is 0 Å². The fraction of sp³-hybridized carbons (Fsp3) is 0.286. The van der Waals surface area contributed by atoms with Crippen molar-refractivity contribution in [2.45, 2.75) is 26.3 Å². The lowest BCUT2D eigenvalue weighted by molar-refractivity contribution is -0.116. The maximum absolute atomic E-state index is 12.0. The third-order valence-electron chi connectivity index (χ3n) is 2.85. The number of hydrogen-bond donors (Lipinski definition) is 2. The van der Waals surface area contributed by atoms with E-state index in [2.05, 4.69) is 19.2 Å². The zero-order valence-corrected chi connectivity index (χ0v) is 11.8. The van der Waals surface area contributed by atoms with Gasteiger partial charge in [-0.05, 0) is 17.5 Å². The Kier molecular flexibility index (Phi) is 4.16. The highest BCUT2D eigenvalue weighted by Crippen LogP contribution is 2.23. The van der Waals surface area contributed by atoms with Gasteiger partial charge >= 0.3 is 0 Å². The van der Waals surface area contributed by atoms with Crippen LogP contribution in [0.5, 0.6) is 0 Å². The number of nitrogens with zero attached hydrogens (tertiary/aromatic N) is 1. The van der Waals surface area contributed by atoms with Crippen LogP contribution in [0.2, 0.25) is 0 Å². The van der Waals surface area contributed by atoms with E-state index >= 15 is 0 Å². The predicted molar refractivity (Wildman–Crippen MR) is 77.3 cm³/mol. The summed E-state index contributed by atoms with van der Waals surface area (Å²) < 4.78 is 1.62. The van der Waals surface area contributed by atoms with Crippen LogP contribution < -0.4 is 10.1 Å². The minimum Gasteiger partial charge on any atom is -0.324 e. The van der Waals surface area contributed by atoms with Crippen LogP contribution >= 0.6 is 11.3 Å². The number of thiazole rings is 1. The molecule has 0 unspecified atom stereocenters. The standard InChI is InChI=1S/C14H17N3OS/c1-10(2)11-5-3-4-6-12(11)16-13(18)9-17-7-8-19-14(17)15/h3-8,10,15H,9H2,1-2H3,(H,16,18). The molecule has 0 spiro atoms. The van der Waals surface area contributed by atoms with Crippen molar-refractivity contribution < 1.29 is 4.79 Å². The molecule has 19 heavy (non-hydrogen) atoms. The first kappa shape index (κ1) is 13.5. The molecule has 0 saturated carbocycles. The lowest BCUT2D eigenvalue weighted by Gasteiger charge is -2.13. The molecule has 0 atom stereocenters. The third-order valence-corrected chi connectivity index (χ3v) is 3.57. The Morgan fingerprint density at radius 1 is 1.42 bits per heavy atom. The Hall–Kier alpha value is -1.88. The van der Waals surface area contributed by atoms with E-state index < -0.39 is 0 Å². The SMILES string of the molecule is CC(C)c1ccccc1NC(=O)Cn1ccsc1=N. The molecule has 0 aliphatic heterocycles. The molecule has 0 radical (unpaired) electrons. The molecule has 1 aromatic carbocycles. The van der Waals surface area contributed by atoms with Crippen LogP contribution in [0.1, 0.15) is 25.3 Å². The van der Waals surface area contributed by atoms with Gasteiger partial charge in [0.15, 0.2) is 4.80 Å². The number of nitrogens with one attached hydrogen (secondary N) is 2. The van der Waals surface area contributed by atoms with Crippen molar-refractivity contribution >= 4 is 22.9 Å². The number of hydrogen-bond acceptors (Lipinski definition) is 3. The Morgan fingerprint density at radius 2 is 2.16 bits per heavy atom. The molecule has 100 valence electrons. The average molecular weight is 275 g/mol. The number of carbonyl (C=O) groups is 1. The average Bonchev–Trinajstić information content (AvgIpc) is 2.75. The van der Waals surface area contributed by atoms with E-state index in [0.717, 1.165) is 11.3 Å². The molecule has 2 aromatic rings. The largest absolute Gasteiger partial charge is 0.324 e. The summed E-state index contributed by atoms with van der Waals surface area (Å²) in [6, 6.07) is 7.82. The van der Waals surface area contributed by atoms with Crippen LogP contribution in [0, 0.1) is 5.41 Å². The molecule has 2 N–H and O–H groups in total. The van der Waals surface area contributed by atoms with E-state index in [1.165, 1.54) is 11.3 Å². The summed E-state index contributed by atoms with van der Waals surface area (Å²) in [5, 5.41) is 12.4. The van der Waals surface area contributed by atoms with Gasteiger partial charge in [-0.15, -0.1) is 11.3 Å². The zero-order valence-electron chi connectivity index (χ0n) is 11.0. The van der Waals surface area contributed by atoms with E-state index in [1.54, 1.807) is 16.1 Å². The van der Waals surface area contributed by atoms with Gasteiger partial charge in [-0.25, -0.2) is 0 Å². The predicted octanol–water partition coefficient (Wildman–Crippen LogP) is 2.79. The topological polar surface area (TPSA) is 57.9 Å². The fourth-order valence-corrected chi connectivity index (χ4v) is 2.48. The van der Waals surface area contributed by atoms with Gasteiger partial charge in [0.05, 0.1) is 0 Å².